The zero-order chi connectivity index (χ0) is 17.8. The number of rotatable bonds is 6. The molecule has 1 aromatic carbocycles. The molecular formula is C18H24N6O2. The van der Waals surface area contributed by atoms with E-state index in [2.05, 4.69) is 20.4 Å². The molecule has 1 amide bonds. The van der Waals surface area contributed by atoms with E-state index in [1.165, 1.54) is 25.7 Å². The molecule has 0 spiro atoms. The summed E-state index contributed by atoms with van der Waals surface area (Å²) in [6.45, 7) is 4.97. The maximum atomic E-state index is 12.5. The van der Waals surface area contributed by atoms with Gasteiger partial charge in [-0.3, -0.25) is 4.79 Å². The van der Waals surface area contributed by atoms with Gasteiger partial charge in [-0.2, -0.15) is 0 Å². The summed E-state index contributed by atoms with van der Waals surface area (Å²) in [5, 5.41) is 11.1. The summed E-state index contributed by atoms with van der Waals surface area (Å²) in [6.07, 6.45) is 5.32. The average molecular weight is 356 g/mol. The maximum Gasteiger partial charge on any atom is 0.260 e. The summed E-state index contributed by atoms with van der Waals surface area (Å²) in [5.41, 5.74) is 0.844. The van der Waals surface area contributed by atoms with Gasteiger partial charge in [0.15, 0.2) is 6.61 Å². The molecule has 8 nitrogen and oxygen atoms in total. The third-order valence-electron chi connectivity index (χ3n) is 4.97. The van der Waals surface area contributed by atoms with E-state index in [1.54, 1.807) is 4.68 Å². The minimum absolute atomic E-state index is 0.0582. The number of hydrogen-bond acceptors (Lipinski definition) is 6. The molecule has 1 saturated carbocycles. The molecule has 26 heavy (non-hydrogen) atoms. The van der Waals surface area contributed by atoms with E-state index in [-0.39, 0.29) is 12.5 Å². The number of aromatic nitrogens is 4. The Morgan fingerprint density at radius 1 is 1.12 bits per heavy atom. The second-order valence-corrected chi connectivity index (χ2v) is 7.02. The Kier molecular flexibility index (Phi) is 5.10. The van der Waals surface area contributed by atoms with Crippen molar-refractivity contribution in [2.75, 3.05) is 39.3 Å². The molecule has 0 N–H and O–H groups in total. The average Bonchev–Trinajstić information content (AvgIpc) is 3.38. The van der Waals surface area contributed by atoms with Crippen molar-refractivity contribution in [1.82, 2.24) is 30.0 Å². The lowest BCUT2D eigenvalue weighted by atomic mass is 10.3. The molecule has 8 heteroatoms. The van der Waals surface area contributed by atoms with E-state index in [1.807, 2.05) is 29.2 Å². The molecular weight excluding hydrogens is 332 g/mol. The van der Waals surface area contributed by atoms with Crippen LogP contribution in [0.2, 0.25) is 0 Å². The van der Waals surface area contributed by atoms with E-state index >= 15 is 0 Å². The SMILES string of the molecule is O=C(COc1ccc(-n2cnnn2)cc1)N1CCCN(CC2CC2)CC1. The highest BCUT2D eigenvalue weighted by atomic mass is 16.5. The van der Waals surface area contributed by atoms with Crippen LogP contribution < -0.4 is 4.74 Å². The monoisotopic (exact) mass is 356 g/mol. The summed E-state index contributed by atoms with van der Waals surface area (Å²) in [7, 11) is 0. The number of nitrogens with zero attached hydrogens (tertiary/aromatic N) is 6. The number of benzene rings is 1. The predicted octanol–water partition coefficient (Wildman–Crippen LogP) is 0.985. The summed E-state index contributed by atoms with van der Waals surface area (Å²) in [5.74, 6) is 1.63. The summed E-state index contributed by atoms with van der Waals surface area (Å²) in [6, 6.07) is 7.36. The van der Waals surface area contributed by atoms with Crippen molar-refractivity contribution >= 4 is 5.91 Å². The van der Waals surface area contributed by atoms with Crippen LogP contribution >= 0.6 is 0 Å². The summed E-state index contributed by atoms with van der Waals surface area (Å²) < 4.78 is 7.24. The number of amides is 1. The van der Waals surface area contributed by atoms with Gasteiger partial charge in [-0.1, -0.05) is 0 Å². The van der Waals surface area contributed by atoms with Crippen LogP contribution in [0.4, 0.5) is 0 Å². The fourth-order valence-electron chi connectivity index (χ4n) is 3.28. The molecule has 0 radical (unpaired) electrons. The van der Waals surface area contributed by atoms with E-state index in [9.17, 15) is 4.79 Å². The van der Waals surface area contributed by atoms with Gasteiger partial charge in [0.2, 0.25) is 0 Å². The van der Waals surface area contributed by atoms with Crippen LogP contribution in [0.1, 0.15) is 19.3 Å². The van der Waals surface area contributed by atoms with E-state index in [0.717, 1.165) is 44.2 Å². The van der Waals surface area contributed by atoms with Gasteiger partial charge in [-0.25, -0.2) is 4.68 Å². The summed E-state index contributed by atoms with van der Waals surface area (Å²) in [4.78, 5) is 16.9. The Morgan fingerprint density at radius 3 is 2.69 bits per heavy atom. The fourth-order valence-corrected chi connectivity index (χ4v) is 3.28. The van der Waals surface area contributed by atoms with Gasteiger partial charge < -0.3 is 14.5 Å². The zero-order valence-electron chi connectivity index (χ0n) is 14.8. The Bertz CT molecular complexity index is 714. The van der Waals surface area contributed by atoms with Gasteiger partial charge in [0.05, 0.1) is 5.69 Å². The van der Waals surface area contributed by atoms with Gasteiger partial charge in [-0.15, -0.1) is 5.10 Å². The largest absolute Gasteiger partial charge is 0.484 e. The molecule has 2 heterocycles. The third-order valence-corrected chi connectivity index (χ3v) is 4.97. The molecule has 2 fully saturated rings. The first-order valence-electron chi connectivity index (χ1n) is 9.24. The highest BCUT2D eigenvalue weighted by Gasteiger charge is 2.26. The van der Waals surface area contributed by atoms with Crippen LogP contribution in [0.3, 0.4) is 0 Å². The topological polar surface area (TPSA) is 76.4 Å². The third kappa shape index (κ3) is 4.37. The quantitative estimate of drug-likeness (QED) is 0.768. The van der Waals surface area contributed by atoms with Crippen LogP contribution in [0.15, 0.2) is 30.6 Å². The van der Waals surface area contributed by atoms with Crippen molar-refractivity contribution in [3.63, 3.8) is 0 Å². The molecule has 1 aromatic heterocycles. The van der Waals surface area contributed by atoms with E-state index in [4.69, 9.17) is 4.74 Å². The van der Waals surface area contributed by atoms with Gasteiger partial charge in [0.1, 0.15) is 12.1 Å². The van der Waals surface area contributed by atoms with Gasteiger partial charge >= 0.3 is 0 Å². The number of ether oxygens (including phenoxy) is 1. The lowest BCUT2D eigenvalue weighted by molar-refractivity contribution is -0.133. The molecule has 2 aliphatic rings. The van der Waals surface area contributed by atoms with Gasteiger partial charge in [0, 0.05) is 26.2 Å². The predicted molar refractivity (Wildman–Crippen MR) is 95.0 cm³/mol. The van der Waals surface area contributed by atoms with Crippen molar-refractivity contribution in [1.29, 1.82) is 0 Å². The molecule has 1 aliphatic heterocycles. The smallest absolute Gasteiger partial charge is 0.260 e. The van der Waals surface area contributed by atoms with Crippen molar-refractivity contribution in [3.8, 4) is 11.4 Å². The first kappa shape index (κ1) is 17.0. The highest BCUT2D eigenvalue weighted by Crippen LogP contribution is 2.29. The first-order valence-corrected chi connectivity index (χ1v) is 9.24. The first-order chi connectivity index (χ1) is 12.8. The van der Waals surface area contributed by atoms with Crippen molar-refractivity contribution in [2.24, 2.45) is 5.92 Å². The number of hydrogen-bond donors (Lipinski definition) is 0. The minimum Gasteiger partial charge on any atom is -0.484 e. The molecule has 0 unspecified atom stereocenters. The second-order valence-electron chi connectivity index (χ2n) is 7.02. The maximum absolute atomic E-state index is 12.5. The lowest BCUT2D eigenvalue weighted by Crippen LogP contribution is -2.38. The fraction of sp³-hybridized carbons (Fsp3) is 0.556. The van der Waals surface area contributed by atoms with Crippen molar-refractivity contribution < 1.29 is 9.53 Å². The van der Waals surface area contributed by atoms with Crippen LogP contribution in [0, 0.1) is 5.92 Å². The number of carbonyl (C=O) groups excluding carboxylic acids is 1. The van der Waals surface area contributed by atoms with Crippen LogP contribution in [-0.2, 0) is 4.79 Å². The molecule has 0 atom stereocenters. The van der Waals surface area contributed by atoms with E-state index in [0.29, 0.717) is 5.75 Å². The van der Waals surface area contributed by atoms with E-state index < -0.39 is 0 Å². The Hall–Kier alpha value is -2.48. The number of carbonyl (C=O) groups is 1. The molecule has 1 saturated heterocycles. The standard InChI is InChI=1S/C18H24N6O2/c25-18(23-9-1-8-22(10-11-23)12-15-2-3-15)13-26-17-6-4-16(5-7-17)24-14-19-20-21-24/h4-7,14-15H,1-3,8-13H2. The van der Waals surface area contributed by atoms with Crippen LogP contribution in [0.5, 0.6) is 5.75 Å². The van der Waals surface area contributed by atoms with Crippen LogP contribution in [0.25, 0.3) is 5.69 Å². The summed E-state index contributed by atoms with van der Waals surface area (Å²) >= 11 is 0. The van der Waals surface area contributed by atoms with Gasteiger partial charge in [-0.05, 0) is 66.4 Å². The Morgan fingerprint density at radius 2 is 1.96 bits per heavy atom. The highest BCUT2D eigenvalue weighted by molar-refractivity contribution is 5.77. The van der Waals surface area contributed by atoms with Crippen molar-refractivity contribution in [3.05, 3.63) is 30.6 Å². The zero-order valence-corrected chi connectivity index (χ0v) is 14.8. The molecule has 2 aromatic rings. The molecule has 138 valence electrons. The Balaban J connectivity index is 1.25. The number of tetrazole rings is 1. The van der Waals surface area contributed by atoms with Crippen molar-refractivity contribution in [2.45, 2.75) is 19.3 Å². The normalized spacial score (nSPS) is 18.5. The molecule has 4 rings (SSSR count). The molecule has 0 bridgehead atoms. The minimum atomic E-state index is 0.0582. The van der Waals surface area contributed by atoms with Gasteiger partial charge in [0.25, 0.3) is 5.91 Å². The lowest BCUT2D eigenvalue weighted by Gasteiger charge is -2.22. The Labute approximate surface area is 152 Å². The second kappa shape index (κ2) is 7.82. The molecule has 1 aliphatic carbocycles. The van der Waals surface area contributed by atoms with Crippen LogP contribution in [-0.4, -0.2) is 75.2 Å².